The maximum Gasteiger partial charge on any atom is 0.227 e. The van der Waals surface area contributed by atoms with Crippen LogP contribution in [-0.4, -0.2) is 15.1 Å². The van der Waals surface area contributed by atoms with E-state index in [1.54, 1.807) is 0 Å². The number of halogens is 1. The second-order valence-electron chi connectivity index (χ2n) is 3.83. The summed E-state index contributed by atoms with van der Waals surface area (Å²) >= 11 is 0.947. The third kappa shape index (κ3) is 3.13. The highest BCUT2D eigenvalue weighted by Gasteiger charge is 2.11. The van der Waals surface area contributed by atoms with E-state index in [1.165, 1.54) is 24.3 Å². The van der Waals surface area contributed by atoms with Crippen LogP contribution in [0, 0.1) is 19.7 Å². The maximum absolute atomic E-state index is 12.7. The van der Waals surface area contributed by atoms with E-state index < -0.39 is 0 Å². The van der Waals surface area contributed by atoms with Gasteiger partial charge in [-0.3, -0.25) is 4.79 Å². The van der Waals surface area contributed by atoms with Crippen LogP contribution in [-0.2, 0) is 0 Å². The van der Waals surface area contributed by atoms with Crippen molar-refractivity contribution in [2.24, 2.45) is 0 Å². The fraction of sp³-hybridized carbons (Fsp3) is 0.154. The molecular formula is C13H11FN2OS. The van der Waals surface area contributed by atoms with Crippen molar-refractivity contribution < 1.29 is 9.18 Å². The highest BCUT2D eigenvalue weighted by molar-refractivity contribution is 8.14. The van der Waals surface area contributed by atoms with Gasteiger partial charge in [0.2, 0.25) is 5.12 Å². The lowest BCUT2D eigenvalue weighted by Crippen LogP contribution is -1.98. The number of rotatable bonds is 2. The normalized spacial score (nSPS) is 10.4. The van der Waals surface area contributed by atoms with Crippen LogP contribution >= 0.6 is 11.8 Å². The molecule has 92 valence electrons. The Kier molecular flexibility index (Phi) is 3.72. The number of aromatic nitrogens is 2. The fourth-order valence-electron chi connectivity index (χ4n) is 1.47. The molecule has 0 aliphatic rings. The van der Waals surface area contributed by atoms with Crippen molar-refractivity contribution in [2.75, 3.05) is 0 Å². The van der Waals surface area contributed by atoms with Gasteiger partial charge in [-0.25, -0.2) is 14.4 Å². The molecule has 0 saturated heterocycles. The van der Waals surface area contributed by atoms with Crippen LogP contribution in [0.1, 0.15) is 21.7 Å². The predicted octanol–water partition coefficient (Wildman–Crippen LogP) is 3.17. The standard InChI is InChI=1S/C13H11FN2OS/c1-8-7-9(2)16-13(15-8)18-12(17)10-3-5-11(14)6-4-10/h3-7H,1-2H3. The summed E-state index contributed by atoms with van der Waals surface area (Å²) in [6, 6.07) is 7.26. The van der Waals surface area contributed by atoms with E-state index in [0.29, 0.717) is 10.7 Å². The molecule has 2 rings (SSSR count). The molecule has 1 heterocycles. The van der Waals surface area contributed by atoms with Gasteiger partial charge in [0.25, 0.3) is 0 Å². The van der Waals surface area contributed by atoms with Crippen molar-refractivity contribution in [3.05, 3.63) is 53.1 Å². The van der Waals surface area contributed by atoms with Crippen LogP contribution in [0.15, 0.2) is 35.5 Å². The molecule has 0 saturated carbocycles. The van der Waals surface area contributed by atoms with E-state index >= 15 is 0 Å². The number of benzene rings is 1. The van der Waals surface area contributed by atoms with Gasteiger partial charge >= 0.3 is 0 Å². The quantitative estimate of drug-likeness (QED) is 0.616. The van der Waals surface area contributed by atoms with E-state index in [1.807, 2.05) is 19.9 Å². The van der Waals surface area contributed by atoms with Crippen molar-refractivity contribution in [2.45, 2.75) is 19.0 Å². The number of aryl methyl sites for hydroxylation is 2. The lowest BCUT2D eigenvalue weighted by Gasteiger charge is -2.02. The van der Waals surface area contributed by atoms with Crippen LogP contribution in [0.4, 0.5) is 4.39 Å². The van der Waals surface area contributed by atoms with Gasteiger partial charge in [0.15, 0.2) is 5.16 Å². The minimum atomic E-state index is -0.362. The molecule has 18 heavy (non-hydrogen) atoms. The van der Waals surface area contributed by atoms with Gasteiger partial charge in [0, 0.05) is 17.0 Å². The number of carbonyl (C=O) groups is 1. The summed E-state index contributed by atoms with van der Waals surface area (Å²) in [7, 11) is 0. The minimum absolute atomic E-state index is 0.194. The summed E-state index contributed by atoms with van der Waals surface area (Å²) < 4.78 is 12.7. The van der Waals surface area contributed by atoms with E-state index in [0.717, 1.165) is 23.1 Å². The SMILES string of the molecule is Cc1cc(C)nc(SC(=O)c2ccc(F)cc2)n1. The molecule has 1 aromatic carbocycles. The Morgan fingerprint density at radius 3 is 2.22 bits per heavy atom. The topological polar surface area (TPSA) is 42.9 Å². The third-order valence-corrected chi connectivity index (χ3v) is 3.01. The average Bonchev–Trinajstić information content (AvgIpc) is 2.28. The summed E-state index contributed by atoms with van der Waals surface area (Å²) in [6.45, 7) is 3.70. The summed E-state index contributed by atoms with van der Waals surface area (Å²) in [5, 5.41) is 0.224. The van der Waals surface area contributed by atoms with Crippen molar-refractivity contribution in [1.29, 1.82) is 0 Å². The second-order valence-corrected chi connectivity index (χ2v) is 4.77. The Labute approximate surface area is 108 Å². The first-order valence-electron chi connectivity index (χ1n) is 5.34. The van der Waals surface area contributed by atoms with Gasteiger partial charge in [-0.05, 0) is 55.9 Å². The number of carbonyl (C=O) groups excluding carboxylic acids is 1. The van der Waals surface area contributed by atoms with Crippen LogP contribution in [0.3, 0.4) is 0 Å². The molecule has 0 spiro atoms. The zero-order valence-corrected chi connectivity index (χ0v) is 10.8. The fourth-order valence-corrected chi connectivity index (χ4v) is 2.27. The zero-order chi connectivity index (χ0) is 13.1. The monoisotopic (exact) mass is 262 g/mol. The smallest absolute Gasteiger partial charge is 0.227 e. The van der Waals surface area contributed by atoms with E-state index in [9.17, 15) is 9.18 Å². The molecule has 0 amide bonds. The second kappa shape index (κ2) is 5.27. The van der Waals surface area contributed by atoms with Gasteiger partial charge in [0.1, 0.15) is 5.82 Å². The van der Waals surface area contributed by atoms with Crippen molar-refractivity contribution in [1.82, 2.24) is 9.97 Å². The molecule has 3 nitrogen and oxygen atoms in total. The Morgan fingerprint density at radius 1 is 1.11 bits per heavy atom. The minimum Gasteiger partial charge on any atom is -0.281 e. The predicted molar refractivity (Wildman–Crippen MR) is 68.1 cm³/mol. The first-order chi connectivity index (χ1) is 8.54. The zero-order valence-electron chi connectivity index (χ0n) is 9.98. The summed E-state index contributed by atoms with van der Waals surface area (Å²) in [4.78, 5) is 20.3. The molecular weight excluding hydrogens is 251 g/mol. The van der Waals surface area contributed by atoms with Crippen LogP contribution in [0.25, 0.3) is 0 Å². The molecule has 0 N–H and O–H groups in total. The van der Waals surface area contributed by atoms with Gasteiger partial charge in [-0.2, -0.15) is 0 Å². The third-order valence-electron chi connectivity index (χ3n) is 2.23. The van der Waals surface area contributed by atoms with E-state index in [4.69, 9.17) is 0 Å². The molecule has 1 aromatic heterocycles. The maximum atomic E-state index is 12.7. The van der Waals surface area contributed by atoms with Crippen LogP contribution in [0.2, 0.25) is 0 Å². The summed E-state index contributed by atoms with van der Waals surface area (Å²) in [6.07, 6.45) is 0. The number of thioether (sulfide) groups is 1. The summed E-state index contributed by atoms with van der Waals surface area (Å²) in [5.41, 5.74) is 2.07. The first kappa shape index (κ1) is 12.7. The Bertz CT molecular complexity index is 564. The van der Waals surface area contributed by atoms with Gasteiger partial charge in [-0.15, -0.1) is 0 Å². The molecule has 2 aromatic rings. The molecule has 0 atom stereocenters. The Hall–Kier alpha value is -1.75. The lowest BCUT2D eigenvalue weighted by atomic mass is 10.2. The number of nitrogens with zero attached hydrogens (tertiary/aromatic N) is 2. The molecule has 0 aliphatic carbocycles. The Morgan fingerprint density at radius 2 is 1.67 bits per heavy atom. The first-order valence-corrected chi connectivity index (χ1v) is 6.16. The van der Waals surface area contributed by atoms with Gasteiger partial charge in [0.05, 0.1) is 0 Å². The van der Waals surface area contributed by atoms with Crippen LogP contribution < -0.4 is 0 Å². The van der Waals surface area contributed by atoms with E-state index in [2.05, 4.69) is 9.97 Å². The highest BCUT2D eigenvalue weighted by Crippen LogP contribution is 2.20. The highest BCUT2D eigenvalue weighted by atomic mass is 32.2. The molecule has 0 aliphatic heterocycles. The van der Waals surface area contributed by atoms with Crippen molar-refractivity contribution >= 4 is 16.9 Å². The van der Waals surface area contributed by atoms with Crippen molar-refractivity contribution in [3.8, 4) is 0 Å². The van der Waals surface area contributed by atoms with Crippen molar-refractivity contribution in [3.63, 3.8) is 0 Å². The molecule has 0 fully saturated rings. The van der Waals surface area contributed by atoms with E-state index in [-0.39, 0.29) is 10.9 Å². The molecule has 0 radical (unpaired) electrons. The average molecular weight is 262 g/mol. The molecule has 0 unspecified atom stereocenters. The molecule has 5 heteroatoms. The van der Waals surface area contributed by atoms with Gasteiger partial charge in [-0.1, -0.05) is 0 Å². The summed E-state index contributed by atoms with van der Waals surface area (Å²) in [5.74, 6) is -0.362. The van der Waals surface area contributed by atoms with Gasteiger partial charge < -0.3 is 0 Å². The van der Waals surface area contributed by atoms with Crippen LogP contribution in [0.5, 0.6) is 0 Å². The lowest BCUT2D eigenvalue weighted by molar-refractivity contribution is 0.108. The largest absolute Gasteiger partial charge is 0.281 e. The number of hydrogen-bond donors (Lipinski definition) is 0. The number of hydrogen-bond acceptors (Lipinski definition) is 4. The Balaban J connectivity index is 2.18. The molecule has 0 bridgehead atoms.